The Hall–Kier alpha value is -1.73. The Labute approximate surface area is 141 Å². The number of aryl methyl sites for hydroxylation is 1. The third-order valence-electron chi connectivity index (χ3n) is 4.95. The predicted octanol–water partition coefficient (Wildman–Crippen LogP) is 0.923. The van der Waals surface area contributed by atoms with Crippen molar-refractivity contribution < 1.29 is 19.1 Å². The summed E-state index contributed by atoms with van der Waals surface area (Å²) in [6, 6.07) is 1.72. The average molecular weight is 335 g/mol. The van der Waals surface area contributed by atoms with E-state index in [0.29, 0.717) is 32.8 Å². The van der Waals surface area contributed by atoms with Crippen molar-refractivity contribution in [1.82, 2.24) is 14.7 Å². The number of Topliss-reactive ketones (excluding diaryl/α,β-unsaturated/α-hetero) is 1. The maximum absolute atomic E-state index is 12.6. The summed E-state index contributed by atoms with van der Waals surface area (Å²) < 4.78 is 12.8. The molecule has 24 heavy (non-hydrogen) atoms. The van der Waals surface area contributed by atoms with Crippen LogP contribution in [0.1, 0.15) is 31.4 Å². The molecule has 3 rings (SSSR count). The van der Waals surface area contributed by atoms with Gasteiger partial charge in [0.15, 0.2) is 0 Å². The van der Waals surface area contributed by atoms with Crippen molar-refractivity contribution in [1.29, 1.82) is 0 Å². The van der Waals surface area contributed by atoms with Gasteiger partial charge in [0.05, 0.1) is 31.6 Å². The molecule has 2 aliphatic rings. The molecule has 1 aliphatic heterocycles. The minimum absolute atomic E-state index is 0.0165. The van der Waals surface area contributed by atoms with E-state index in [0.717, 1.165) is 25.0 Å². The van der Waals surface area contributed by atoms with Crippen LogP contribution >= 0.6 is 0 Å². The molecular weight excluding hydrogens is 310 g/mol. The second-order valence-electron chi connectivity index (χ2n) is 6.49. The first-order chi connectivity index (χ1) is 11.7. The number of morpholine rings is 1. The molecule has 1 saturated carbocycles. The molecule has 2 fully saturated rings. The molecular formula is C17H25N3O4. The van der Waals surface area contributed by atoms with E-state index in [2.05, 4.69) is 5.10 Å². The molecule has 1 aromatic rings. The number of hydrogen-bond donors (Lipinski definition) is 0. The van der Waals surface area contributed by atoms with Crippen LogP contribution < -0.4 is 0 Å². The van der Waals surface area contributed by atoms with E-state index in [4.69, 9.17) is 9.47 Å². The number of ketones is 1. The van der Waals surface area contributed by atoms with Crippen LogP contribution in [0.5, 0.6) is 0 Å². The summed E-state index contributed by atoms with van der Waals surface area (Å²) in [5, 5.41) is 4.07. The molecule has 2 unspecified atom stereocenters. The summed E-state index contributed by atoms with van der Waals surface area (Å²) >= 11 is 0. The fourth-order valence-electron chi connectivity index (χ4n) is 3.55. The second-order valence-corrected chi connectivity index (χ2v) is 6.49. The number of carbonyl (C=O) groups is 2. The summed E-state index contributed by atoms with van der Waals surface area (Å²) in [6.07, 6.45) is 5.19. The SMILES string of the molecule is Cn1nccc1COCC(=O)N1CCOCC1C1CCCCC1=O. The molecule has 2 atom stereocenters. The van der Waals surface area contributed by atoms with Crippen molar-refractivity contribution in [3.63, 3.8) is 0 Å². The normalized spacial score (nSPS) is 25.0. The first-order valence-electron chi connectivity index (χ1n) is 8.61. The number of rotatable bonds is 5. The highest BCUT2D eigenvalue weighted by molar-refractivity contribution is 5.84. The van der Waals surface area contributed by atoms with Gasteiger partial charge in [0.25, 0.3) is 0 Å². The minimum Gasteiger partial charge on any atom is -0.377 e. The Morgan fingerprint density at radius 1 is 1.46 bits per heavy atom. The summed E-state index contributed by atoms with van der Waals surface area (Å²) in [4.78, 5) is 26.6. The van der Waals surface area contributed by atoms with Crippen LogP contribution in [0.2, 0.25) is 0 Å². The molecule has 0 N–H and O–H groups in total. The van der Waals surface area contributed by atoms with Crippen molar-refractivity contribution in [2.75, 3.05) is 26.4 Å². The largest absolute Gasteiger partial charge is 0.377 e. The van der Waals surface area contributed by atoms with Crippen molar-refractivity contribution >= 4 is 11.7 Å². The number of hydrogen-bond acceptors (Lipinski definition) is 5. The summed E-state index contributed by atoms with van der Waals surface area (Å²) in [5.41, 5.74) is 0.920. The maximum atomic E-state index is 12.6. The van der Waals surface area contributed by atoms with Gasteiger partial charge in [-0.15, -0.1) is 0 Å². The number of nitrogens with zero attached hydrogens (tertiary/aromatic N) is 3. The van der Waals surface area contributed by atoms with Crippen molar-refractivity contribution in [3.8, 4) is 0 Å². The lowest BCUT2D eigenvalue weighted by Crippen LogP contribution is -2.55. The Balaban J connectivity index is 1.56. The first-order valence-corrected chi connectivity index (χ1v) is 8.61. The van der Waals surface area contributed by atoms with E-state index >= 15 is 0 Å². The number of aromatic nitrogens is 2. The average Bonchev–Trinajstić information content (AvgIpc) is 3.00. The predicted molar refractivity (Wildman–Crippen MR) is 86.1 cm³/mol. The minimum atomic E-state index is -0.139. The van der Waals surface area contributed by atoms with E-state index in [9.17, 15) is 9.59 Å². The van der Waals surface area contributed by atoms with Gasteiger partial charge in [-0.1, -0.05) is 6.42 Å². The lowest BCUT2D eigenvalue weighted by Gasteiger charge is -2.40. The van der Waals surface area contributed by atoms with Gasteiger partial charge in [-0.25, -0.2) is 0 Å². The number of carbonyl (C=O) groups excluding carboxylic acids is 2. The van der Waals surface area contributed by atoms with Crippen molar-refractivity contribution in [2.45, 2.75) is 38.3 Å². The van der Waals surface area contributed by atoms with Crippen molar-refractivity contribution in [2.24, 2.45) is 13.0 Å². The number of amides is 1. The van der Waals surface area contributed by atoms with Crippen LogP contribution in [-0.4, -0.2) is 58.8 Å². The van der Waals surface area contributed by atoms with Gasteiger partial charge in [-0.05, 0) is 18.9 Å². The second kappa shape index (κ2) is 7.90. The lowest BCUT2D eigenvalue weighted by atomic mass is 9.82. The van der Waals surface area contributed by atoms with Crippen LogP contribution in [0.3, 0.4) is 0 Å². The zero-order valence-electron chi connectivity index (χ0n) is 14.1. The number of ether oxygens (including phenoxy) is 2. The molecule has 1 aromatic heterocycles. The Kier molecular flexibility index (Phi) is 5.63. The van der Waals surface area contributed by atoms with E-state index in [1.165, 1.54) is 0 Å². The smallest absolute Gasteiger partial charge is 0.249 e. The third-order valence-corrected chi connectivity index (χ3v) is 4.95. The molecule has 0 spiro atoms. The van der Waals surface area contributed by atoms with E-state index in [-0.39, 0.29) is 30.3 Å². The van der Waals surface area contributed by atoms with Crippen LogP contribution in [0.15, 0.2) is 12.3 Å². The molecule has 2 heterocycles. The molecule has 7 heteroatoms. The van der Waals surface area contributed by atoms with Crippen LogP contribution in [-0.2, 0) is 32.7 Å². The molecule has 132 valence electrons. The molecule has 1 saturated heterocycles. The third kappa shape index (κ3) is 3.84. The molecule has 0 bridgehead atoms. The van der Waals surface area contributed by atoms with E-state index in [1.807, 2.05) is 13.1 Å². The standard InChI is InChI=1S/C17H25N3O4/c1-19-13(6-7-18-19)10-24-12-17(22)20-8-9-23-11-15(20)14-4-2-3-5-16(14)21/h6-7,14-15H,2-5,8-12H2,1H3. The van der Waals surface area contributed by atoms with Gasteiger partial charge in [-0.3, -0.25) is 14.3 Å². The van der Waals surface area contributed by atoms with Gasteiger partial charge >= 0.3 is 0 Å². The maximum Gasteiger partial charge on any atom is 0.249 e. The van der Waals surface area contributed by atoms with Gasteiger partial charge in [0, 0.05) is 32.1 Å². The highest BCUT2D eigenvalue weighted by Crippen LogP contribution is 2.28. The fraction of sp³-hybridized carbons (Fsp3) is 0.706. The van der Waals surface area contributed by atoms with Gasteiger partial charge in [0.2, 0.25) is 5.91 Å². The molecule has 0 aromatic carbocycles. The Bertz CT molecular complexity index is 586. The Morgan fingerprint density at radius 3 is 3.08 bits per heavy atom. The van der Waals surface area contributed by atoms with Gasteiger partial charge in [-0.2, -0.15) is 5.10 Å². The fourth-order valence-corrected chi connectivity index (χ4v) is 3.55. The monoisotopic (exact) mass is 335 g/mol. The molecule has 7 nitrogen and oxygen atoms in total. The Morgan fingerprint density at radius 2 is 2.33 bits per heavy atom. The summed E-state index contributed by atoms with van der Waals surface area (Å²) in [5.74, 6) is 0.120. The van der Waals surface area contributed by atoms with Gasteiger partial charge in [0.1, 0.15) is 12.4 Å². The van der Waals surface area contributed by atoms with E-state index in [1.54, 1.807) is 15.8 Å². The van der Waals surface area contributed by atoms with Crippen molar-refractivity contribution in [3.05, 3.63) is 18.0 Å². The molecule has 1 aliphatic carbocycles. The van der Waals surface area contributed by atoms with Gasteiger partial charge < -0.3 is 14.4 Å². The molecule has 0 radical (unpaired) electrons. The topological polar surface area (TPSA) is 73.7 Å². The summed E-state index contributed by atoms with van der Waals surface area (Å²) in [6.45, 7) is 1.86. The van der Waals surface area contributed by atoms with E-state index < -0.39 is 0 Å². The molecule has 1 amide bonds. The zero-order valence-corrected chi connectivity index (χ0v) is 14.1. The lowest BCUT2D eigenvalue weighted by molar-refractivity contribution is -0.150. The highest BCUT2D eigenvalue weighted by atomic mass is 16.5. The van der Waals surface area contributed by atoms with Crippen LogP contribution in [0.25, 0.3) is 0 Å². The quantitative estimate of drug-likeness (QED) is 0.800. The summed E-state index contributed by atoms with van der Waals surface area (Å²) in [7, 11) is 1.84. The van der Waals surface area contributed by atoms with Crippen LogP contribution in [0.4, 0.5) is 0 Å². The highest BCUT2D eigenvalue weighted by Gasteiger charge is 2.38. The first kappa shape index (κ1) is 17.1. The van der Waals surface area contributed by atoms with Crippen LogP contribution in [0, 0.1) is 5.92 Å². The zero-order chi connectivity index (χ0) is 16.9.